The van der Waals surface area contributed by atoms with E-state index in [0.717, 1.165) is 6.42 Å². The van der Waals surface area contributed by atoms with Gasteiger partial charge in [-0.1, -0.05) is 42.5 Å². The Balaban J connectivity index is 2.43. The Bertz CT molecular complexity index is 535. The van der Waals surface area contributed by atoms with E-state index >= 15 is 0 Å². The van der Waals surface area contributed by atoms with Gasteiger partial charge in [-0.3, -0.25) is 0 Å². The van der Waals surface area contributed by atoms with Crippen molar-refractivity contribution >= 4 is 10.8 Å². The predicted octanol–water partition coefficient (Wildman–Crippen LogP) is 3.40. The first kappa shape index (κ1) is 11.6. The van der Waals surface area contributed by atoms with Crippen LogP contribution in [0.2, 0.25) is 0 Å². The lowest BCUT2D eigenvalue weighted by atomic mass is 9.96. The molecular formula is C15H16N2. The third kappa shape index (κ3) is 2.46. The van der Waals surface area contributed by atoms with E-state index in [-0.39, 0.29) is 6.04 Å². The number of hydrogen-bond acceptors (Lipinski definition) is 2. The van der Waals surface area contributed by atoms with Gasteiger partial charge in [-0.15, -0.1) is 0 Å². The van der Waals surface area contributed by atoms with Crippen LogP contribution in [0.3, 0.4) is 0 Å². The second-order valence-electron chi connectivity index (χ2n) is 4.11. The first-order chi connectivity index (χ1) is 8.36. The van der Waals surface area contributed by atoms with Gasteiger partial charge in [-0.25, -0.2) is 0 Å². The van der Waals surface area contributed by atoms with Gasteiger partial charge in [0.25, 0.3) is 0 Å². The molecule has 2 aromatic carbocycles. The second-order valence-corrected chi connectivity index (χ2v) is 4.11. The molecule has 1 N–H and O–H groups in total. The number of benzene rings is 2. The molecule has 86 valence electrons. The molecule has 0 aliphatic heterocycles. The number of fused-ring (bicyclic) bond motifs is 1. The SMILES string of the molecule is CNC(CCC#N)c1cccc2ccccc12. The number of nitriles is 1. The Hall–Kier alpha value is -1.85. The van der Waals surface area contributed by atoms with Crippen molar-refractivity contribution in [1.29, 1.82) is 5.26 Å². The van der Waals surface area contributed by atoms with Crippen molar-refractivity contribution in [1.82, 2.24) is 5.32 Å². The Labute approximate surface area is 102 Å². The van der Waals surface area contributed by atoms with E-state index in [9.17, 15) is 0 Å². The number of nitrogens with zero attached hydrogens (tertiary/aromatic N) is 1. The lowest BCUT2D eigenvalue weighted by Crippen LogP contribution is -2.16. The fraction of sp³-hybridized carbons (Fsp3) is 0.267. The molecule has 0 aliphatic carbocycles. The summed E-state index contributed by atoms with van der Waals surface area (Å²) >= 11 is 0. The molecule has 2 aromatic rings. The molecule has 0 aliphatic rings. The van der Waals surface area contributed by atoms with Crippen LogP contribution in [0, 0.1) is 11.3 Å². The van der Waals surface area contributed by atoms with Crippen LogP contribution in [0.5, 0.6) is 0 Å². The zero-order valence-electron chi connectivity index (χ0n) is 9.98. The van der Waals surface area contributed by atoms with Crippen LogP contribution in [0.1, 0.15) is 24.4 Å². The first-order valence-corrected chi connectivity index (χ1v) is 5.88. The summed E-state index contributed by atoms with van der Waals surface area (Å²) in [4.78, 5) is 0. The summed E-state index contributed by atoms with van der Waals surface area (Å²) in [5.74, 6) is 0. The molecule has 0 aromatic heterocycles. The largest absolute Gasteiger partial charge is 0.313 e. The van der Waals surface area contributed by atoms with Crippen molar-refractivity contribution in [2.45, 2.75) is 18.9 Å². The Morgan fingerprint density at radius 3 is 2.71 bits per heavy atom. The highest BCUT2D eigenvalue weighted by Gasteiger charge is 2.11. The van der Waals surface area contributed by atoms with Gasteiger partial charge < -0.3 is 5.32 Å². The standard InChI is InChI=1S/C15H16N2/c1-17-15(10-5-11-16)14-9-4-7-12-6-2-3-8-13(12)14/h2-4,6-9,15,17H,5,10H2,1H3. The third-order valence-electron chi connectivity index (χ3n) is 3.09. The van der Waals surface area contributed by atoms with Gasteiger partial charge in [0.05, 0.1) is 6.07 Å². The quantitative estimate of drug-likeness (QED) is 0.864. The highest BCUT2D eigenvalue weighted by Crippen LogP contribution is 2.26. The van der Waals surface area contributed by atoms with Crippen molar-refractivity contribution in [2.24, 2.45) is 0 Å². The van der Waals surface area contributed by atoms with Crippen LogP contribution >= 0.6 is 0 Å². The van der Waals surface area contributed by atoms with Gasteiger partial charge in [0, 0.05) is 12.5 Å². The molecule has 0 radical (unpaired) electrons. The van der Waals surface area contributed by atoms with E-state index in [0.29, 0.717) is 6.42 Å². The van der Waals surface area contributed by atoms with Crippen molar-refractivity contribution in [3.8, 4) is 6.07 Å². The molecule has 1 unspecified atom stereocenters. The zero-order valence-corrected chi connectivity index (χ0v) is 9.98. The van der Waals surface area contributed by atoms with Crippen LogP contribution in [0.15, 0.2) is 42.5 Å². The average Bonchev–Trinajstić information content (AvgIpc) is 2.40. The summed E-state index contributed by atoms with van der Waals surface area (Å²) in [7, 11) is 1.95. The van der Waals surface area contributed by atoms with Crippen molar-refractivity contribution in [3.05, 3.63) is 48.0 Å². The highest BCUT2D eigenvalue weighted by molar-refractivity contribution is 5.86. The predicted molar refractivity (Wildman–Crippen MR) is 70.6 cm³/mol. The maximum atomic E-state index is 8.69. The van der Waals surface area contributed by atoms with Gasteiger partial charge in [-0.05, 0) is 29.8 Å². The number of rotatable bonds is 4. The zero-order chi connectivity index (χ0) is 12.1. The second kappa shape index (κ2) is 5.47. The van der Waals surface area contributed by atoms with Crippen molar-refractivity contribution < 1.29 is 0 Å². The fourth-order valence-corrected chi connectivity index (χ4v) is 2.22. The minimum atomic E-state index is 0.251. The Morgan fingerprint density at radius 2 is 1.94 bits per heavy atom. The smallest absolute Gasteiger partial charge is 0.0622 e. The molecule has 0 spiro atoms. The van der Waals surface area contributed by atoms with Crippen LogP contribution in [-0.2, 0) is 0 Å². The van der Waals surface area contributed by atoms with E-state index in [4.69, 9.17) is 5.26 Å². The summed E-state index contributed by atoms with van der Waals surface area (Å²) in [6.07, 6.45) is 1.43. The highest BCUT2D eigenvalue weighted by atomic mass is 14.9. The maximum absolute atomic E-state index is 8.69. The molecule has 0 bridgehead atoms. The molecule has 1 atom stereocenters. The van der Waals surface area contributed by atoms with Gasteiger partial charge in [0.15, 0.2) is 0 Å². The minimum Gasteiger partial charge on any atom is -0.313 e. The minimum absolute atomic E-state index is 0.251. The maximum Gasteiger partial charge on any atom is 0.0622 e. The third-order valence-corrected chi connectivity index (χ3v) is 3.09. The lowest BCUT2D eigenvalue weighted by molar-refractivity contribution is 0.561. The van der Waals surface area contributed by atoms with Gasteiger partial charge in [0.1, 0.15) is 0 Å². The molecule has 2 nitrogen and oxygen atoms in total. The van der Waals surface area contributed by atoms with E-state index < -0.39 is 0 Å². The summed E-state index contributed by atoms with van der Waals surface area (Å²) in [5, 5.41) is 14.5. The number of nitrogens with one attached hydrogen (secondary N) is 1. The van der Waals surface area contributed by atoms with Crippen LogP contribution in [-0.4, -0.2) is 7.05 Å². The van der Waals surface area contributed by atoms with Crippen LogP contribution < -0.4 is 5.32 Å². The molecule has 0 saturated carbocycles. The number of hydrogen-bond donors (Lipinski definition) is 1. The van der Waals surface area contributed by atoms with E-state index in [1.54, 1.807) is 0 Å². The molecule has 0 amide bonds. The molecule has 2 heteroatoms. The summed E-state index contributed by atoms with van der Waals surface area (Å²) < 4.78 is 0. The Kier molecular flexibility index (Phi) is 3.74. The Morgan fingerprint density at radius 1 is 1.18 bits per heavy atom. The molecule has 0 fully saturated rings. The molecule has 17 heavy (non-hydrogen) atoms. The van der Waals surface area contributed by atoms with E-state index in [1.807, 2.05) is 7.05 Å². The van der Waals surface area contributed by atoms with E-state index in [2.05, 4.69) is 53.9 Å². The van der Waals surface area contributed by atoms with Crippen LogP contribution in [0.25, 0.3) is 10.8 Å². The molecular weight excluding hydrogens is 208 g/mol. The van der Waals surface area contributed by atoms with Crippen LogP contribution in [0.4, 0.5) is 0 Å². The lowest BCUT2D eigenvalue weighted by Gasteiger charge is -2.17. The van der Waals surface area contributed by atoms with Crippen molar-refractivity contribution in [3.63, 3.8) is 0 Å². The van der Waals surface area contributed by atoms with Gasteiger partial charge in [0.2, 0.25) is 0 Å². The fourth-order valence-electron chi connectivity index (χ4n) is 2.22. The summed E-state index contributed by atoms with van der Waals surface area (Å²) in [5.41, 5.74) is 1.28. The monoisotopic (exact) mass is 224 g/mol. The first-order valence-electron chi connectivity index (χ1n) is 5.88. The summed E-state index contributed by atoms with van der Waals surface area (Å²) in [6, 6.07) is 17.2. The normalized spacial score (nSPS) is 12.2. The topological polar surface area (TPSA) is 35.8 Å². The summed E-state index contributed by atoms with van der Waals surface area (Å²) in [6.45, 7) is 0. The van der Waals surface area contributed by atoms with Gasteiger partial charge >= 0.3 is 0 Å². The molecule has 0 heterocycles. The average molecular weight is 224 g/mol. The van der Waals surface area contributed by atoms with Crippen molar-refractivity contribution in [2.75, 3.05) is 7.05 Å². The molecule has 0 saturated heterocycles. The van der Waals surface area contributed by atoms with E-state index in [1.165, 1.54) is 16.3 Å². The van der Waals surface area contributed by atoms with Gasteiger partial charge in [-0.2, -0.15) is 5.26 Å². The molecule has 2 rings (SSSR count).